The molecule has 0 radical (unpaired) electrons. The first-order valence-corrected chi connectivity index (χ1v) is 5.77. The molecular weight excluding hydrogens is 218 g/mol. The lowest BCUT2D eigenvalue weighted by Crippen LogP contribution is -2.49. The molecule has 1 amide bonds. The number of nitrogens with zero attached hydrogens (tertiary/aromatic N) is 1. The Kier molecular flexibility index (Phi) is 3.73. The highest BCUT2D eigenvalue weighted by Crippen LogP contribution is 2.30. The van der Waals surface area contributed by atoms with Crippen molar-refractivity contribution >= 4 is 6.09 Å². The fourth-order valence-corrected chi connectivity index (χ4v) is 1.85. The van der Waals surface area contributed by atoms with Crippen molar-refractivity contribution in [3.05, 3.63) is 0 Å². The summed E-state index contributed by atoms with van der Waals surface area (Å²) in [5.74, 6) is 2.57. The molecule has 1 rings (SSSR count). The van der Waals surface area contributed by atoms with E-state index in [0.717, 1.165) is 0 Å². The number of ether oxygens (including phenoxy) is 2. The van der Waals surface area contributed by atoms with Gasteiger partial charge in [0.1, 0.15) is 11.3 Å². The molecule has 0 saturated carbocycles. The van der Waals surface area contributed by atoms with E-state index in [2.05, 4.69) is 5.92 Å². The molecule has 1 aliphatic rings. The molecule has 4 heteroatoms. The van der Waals surface area contributed by atoms with Crippen molar-refractivity contribution in [2.75, 3.05) is 6.61 Å². The fourth-order valence-electron chi connectivity index (χ4n) is 1.85. The third-order valence-electron chi connectivity index (χ3n) is 2.52. The Morgan fingerprint density at radius 3 is 2.65 bits per heavy atom. The monoisotopic (exact) mass is 239 g/mol. The summed E-state index contributed by atoms with van der Waals surface area (Å²) in [4.78, 5) is 13.7. The van der Waals surface area contributed by atoms with Crippen LogP contribution < -0.4 is 0 Å². The summed E-state index contributed by atoms with van der Waals surface area (Å²) in [5, 5.41) is 0. The van der Waals surface area contributed by atoms with Gasteiger partial charge < -0.3 is 9.47 Å². The van der Waals surface area contributed by atoms with Crippen LogP contribution in [-0.2, 0) is 9.47 Å². The van der Waals surface area contributed by atoms with E-state index in [1.807, 2.05) is 34.6 Å². The molecule has 0 N–H and O–H groups in total. The predicted octanol–water partition coefficient (Wildman–Crippen LogP) is 2.38. The minimum atomic E-state index is -0.663. The smallest absolute Gasteiger partial charge is 0.412 e. The highest BCUT2D eigenvalue weighted by molar-refractivity contribution is 5.69. The number of hydrogen-bond donors (Lipinski definition) is 0. The summed E-state index contributed by atoms with van der Waals surface area (Å²) in [5.41, 5.74) is -1.18. The number of carbonyl (C=O) groups excluding carboxylic acids is 1. The molecule has 1 atom stereocenters. The van der Waals surface area contributed by atoms with Crippen LogP contribution in [0.3, 0.4) is 0 Å². The molecular formula is C13H21NO3. The van der Waals surface area contributed by atoms with Gasteiger partial charge >= 0.3 is 6.09 Å². The zero-order valence-electron chi connectivity index (χ0n) is 11.2. The first kappa shape index (κ1) is 13.9. The molecule has 17 heavy (non-hydrogen) atoms. The second-order valence-corrected chi connectivity index (χ2v) is 5.67. The summed E-state index contributed by atoms with van der Waals surface area (Å²) in [7, 11) is 0. The summed E-state index contributed by atoms with van der Waals surface area (Å²) in [6, 6.07) is -0.107. The van der Waals surface area contributed by atoms with Gasteiger partial charge in [0.15, 0.2) is 0 Å². The molecule has 0 spiro atoms. The maximum absolute atomic E-state index is 12.1. The van der Waals surface area contributed by atoms with Crippen LogP contribution >= 0.6 is 0 Å². The van der Waals surface area contributed by atoms with E-state index in [9.17, 15) is 4.79 Å². The second-order valence-electron chi connectivity index (χ2n) is 5.67. The minimum Gasteiger partial charge on any atom is -0.444 e. The van der Waals surface area contributed by atoms with E-state index in [0.29, 0.717) is 13.0 Å². The lowest BCUT2D eigenvalue weighted by Gasteiger charge is -2.34. The Balaban J connectivity index is 2.83. The number of rotatable bonds is 1. The molecule has 96 valence electrons. The maximum atomic E-state index is 12.1. The van der Waals surface area contributed by atoms with E-state index in [1.165, 1.54) is 0 Å². The van der Waals surface area contributed by atoms with E-state index in [4.69, 9.17) is 15.9 Å². The predicted molar refractivity (Wildman–Crippen MR) is 65.3 cm³/mol. The Morgan fingerprint density at radius 1 is 1.59 bits per heavy atom. The van der Waals surface area contributed by atoms with Gasteiger partial charge in [-0.15, -0.1) is 12.3 Å². The Hall–Kier alpha value is -1.21. The van der Waals surface area contributed by atoms with Gasteiger partial charge in [-0.1, -0.05) is 0 Å². The molecule has 0 aromatic heterocycles. The van der Waals surface area contributed by atoms with Crippen molar-refractivity contribution in [2.24, 2.45) is 0 Å². The zero-order chi connectivity index (χ0) is 13.3. The molecule has 1 fully saturated rings. The average Bonchev–Trinajstić information content (AvgIpc) is 2.39. The molecule has 0 aromatic carbocycles. The van der Waals surface area contributed by atoms with E-state index >= 15 is 0 Å². The van der Waals surface area contributed by atoms with Gasteiger partial charge in [-0.05, 0) is 34.6 Å². The average molecular weight is 239 g/mol. The largest absolute Gasteiger partial charge is 0.444 e. The fraction of sp³-hybridized carbons (Fsp3) is 0.769. The number of amides is 1. The Bertz CT molecular complexity index is 336. The van der Waals surface area contributed by atoms with Crippen LogP contribution in [0.2, 0.25) is 0 Å². The second kappa shape index (κ2) is 4.58. The van der Waals surface area contributed by atoms with Crippen molar-refractivity contribution < 1.29 is 14.3 Å². The summed E-state index contributed by atoms with van der Waals surface area (Å²) in [6.07, 6.45) is 5.40. The van der Waals surface area contributed by atoms with Gasteiger partial charge in [0.05, 0.1) is 12.6 Å². The van der Waals surface area contributed by atoms with Gasteiger partial charge in [0, 0.05) is 6.42 Å². The Labute approximate surface area is 103 Å². The van der Waals surface area contributed by atoms with Crippen molar-refractivity contribution in [1.82, 2.24) is 4.90 Å². The topological polar surface area (TPSA) is 38.8 Å². The third kappa shape index (κ3) is 3.37. The number of carbonyl (C=O) groups is 1. The molecule has 0 aliphatic carbocycles. The number of terminal acetylenes is 1. The quantitative estimate of drug-likeness (QED) is 0.659. The van der Waals surface area contributed by atoms with E-state index in [-0.39, 0.29) is 12.1 Å². The highest BCUT2D eigenvalue weighted by Gasteiger charge is 2.45. The van der Waals surface area contributed by atoms with Crippen LogP contribution in [0, 0.1) is 12.3 Å². The normalized spacial score (nSPS) is 23.3. The Morgan fingerprint density at radius 2 is 2.18 bits per heavy atom. The van der Waals surface area contributed by atoms with Crippen molar-refractivity contribution in [2.45, 2.75) is 58.4 Å². The van der Waals surface area contributed by atoms with Crippen LogP contribution in [0.15, 0.2) is 0 Å². The van der Waals surface area contributed by atoms with Crippen LogP contribution in [0.1, 0.15) is 41.0 Å². The van der Waals surface area contributed by atoms with E-state index < -0.39 is 11.3 Å². The highest BCUT2D eigenvalue weighted by atomic mass is 16.6. The maximum Gasteiger partial charge on any atom is 0.412 e. The van der Waals surface area contributed by atoms with Crippen LogP contribution in [-0.4, -0.2) is 35.0 Å². The molecule has 0 unspecified atom stereocenters. The molecule has 1 aliphatic heterocycles. The molecule has 4 nitrogen and oxygen atoms in total. The summed E-state index contributed by atoms with van der Waals surface area (Å²) < 4.78 is 11.0. The minimum absolute atomic E-state index is 0.107. The summed E-state index contributed by atoms with van der Waals surface area (Å²) >= 11 is 0. The molecule has 1 heterocycles. The zero-order valence-corrected chi connectivity index (χ0v) is 11.2. The van der Waals surface area contributed by atoms with Gasteiger partial charge in [0.2, 0.25) is 0 Å². The standard InChI is InChI=1S/C13H21NO3/c1-7-8-10-9-16-13(5,6)14(10)11(15)17-12(2,3)4/h1,10H,8-9H2,2-6H3/t10-/m0/s1. The van der Waals surface area contributed by atoms with Gasteiger partial charge in [-0.3, -0.25) is 4.90 Å². The lowest BCUT2D eigenvalue weighted by molar-refractivity contribution is -0.0622. The van der Waals surface area contributed by atoms with Crippen LogP contribution in [0.5, 0.6) is 0 Å². The van der Waals surface area contributed by atoms with E-state index in [1.54, 1.807) is 4.90 Å². The number of hydrogen-bond acceptors (Lipinski definition) is 3. The summed E-state index contributed by atoms with van der Waals surface area (Å²) in [6.45, 7) is 9.65. The van der Waals surface area contributed by atoms with Crippen molar-refractivity contribution in [3.63, 3.8) is 0 Å². The first-order valence-electron chi connectivity index (χ1n) is 5.77. The van der Waals surface area contributed by atoms with Gasteiger partial charge in [-0.25, -0.2) is 4.79 Å². The first-order chi connectivity index (χ1) is 7.67. The SMILES string of the molecule is C#CC[C@H]1COC(C)(C)N1C(=O)OC(C)(C)C. The molecule has 1 saturated heterocycles. The van der Waals surface area contributed by atoms with Crippen molar-refractivity contribution in [1.29, 1.82) is 0 Å². The van der Waals surface area contributed by atoms with Crippen molar-refractivity contribution in [3.8, 4) is 12.3 Å². The third-order valence-corrected chi connectivity index (χ3v) is 2.52. The molecule has 0 bridgehead atoms. The van der Waals surface area contributed by atoms with Crippen LogP contribution in [0.25, 0.3) is 0 Å². The van der Waals surface area contributed by atoms with Crippen LogP contribution in [0.4, 0.5) is 4.79 Å². The van der Waals surface area contributed by atoms with Gasteiger partial charge in [0.25, 0.3) is 0 Å². The molecule has 0 aromatic rings. The lowest BCUT2D eigenvalue weighted by atomic mass is 10.1. The van der Waals surface area contributed by atoms with Gasteiger partial charge in [-0.2, -0.15) is 0 Å².